The van der Waals surface area contributed by atoms with Crippen molar-refractivity contribution in [1.29, 1.82) is 0 Å². The van der Waals surface area contributed by atoms with Crippen molar-refractivity contribution in [2.45, 2.75) is 6.54 Å². The first kappa shape index (κ1) is 10.5. The maximum Gasteiger partial charge on any atom is 0.278 e. The summed E-state index contributed by atoms with van der Waals surface area (Å²) < 4.78 is 1.26. The molecule has 0 N–H and O–H groups in total. The molecule has 2 aromatic rings. The van der Waals surface area contributed by atoms with Crippen molar-refractivity contribution in [3.63, 3.8) is 0 Å². The summed E-state index contributed by atoms with van der Waals surface area (Å²) in [6, 6.07) is 8.21. The zero-order valence-electron chi connectivity index (χ0n) is 8.30. The number of thiophene rings is 1. The van der Waals surface area contributed by atoms with E-state index in [4.69, 9.17) is 0 Å². The van der Waals surface area contributed by atoms with E-state index in [-0.39, 0.29) is 5.24 Å². The van der Waals surface area contributed by atoms with E-state index in [2.05, 4.69) is 30.1 Å². The van der Waals surface area contributed by atoms with Crippen LogP contribution in [0, 0.1) is 0 Å². The molecule has 0 radical (unpaired) electrons. The van der Waals surface area contributed by atoms with Crippen LogP contribution in [-0.2, 0) is 6.54 Å². The number of carbonyl (C=O) groups excluding carboxylic acids is 1. The molecule has 2 nitrogen and oxygen atoms in total. The van der Waals surface area contributed by atoms with Gasteiger partial charge in [0.05, 0.1) is 0 Å². The van der Waals surface area contributed by atoms with Crippen molar-refractivity contribution < 1.29 is 4.79 Å². The van der Waals surface area contributed by atoms with Gasteiger partial charge in [-0.05, 0) is 22.4 Å². The summed E-state index contributed by atoms with van der Waals surface area (Å²) in [4.78, 5) is 12.6. The summed E-state index contributed by atoms with van der Waals surface area (Å²) >= 11 is 5.49. The molecule has 2 rings (SSSR count). The molecule has 1 aromatic carbocycles. The zero-order chi connectivity index (χ0) is 10.8. The van der Waals surface area contributed by atoms with Crippen LogP contribution in [0.5, 0.6) is 0 Å². The molecule has 1 amide bonds. The maximum absolute atomic E-state index is 11.0. The minimum absolute atomic E-state index is 0.203. The number of amides is 1. The van der Waals surface area contributed by atoms with Crippen molar-refractivity contribution in [3.8, 4) is 0 Å². The summed E-state index contributed by atoms with van der Waals surface area (Å²) in [7, 11) is 1.75. The molecule has 0 aliphatic rings. The van der Waals surface area contributed by atoms with Crippen LogP contribution >= 0.6 is 24.0 Å². The molecule has 0 aliphatic carbocycles. The van der Waals surface area contributed by atoms with Gasteiger partial charge in [0.2, 0.25) is 0 Å². The van der Waals surface area contributed by atoms with Gasteiger partial charge >= 0.3 is 0 Å². The van der Waals surface area contributed by atoms with Crippen LogP contribution in [0.3, 0.4) is 0 Å². The fourth-order valence-corrected chi connectivity index (χ4v) is 2.50. The molecule has 0 atom stereocenters. The van der Waals surface area contributed by atoms with E-state index in [1.165, 1.54) is 15.6 Å². The molecule has 0 spiro atoms. The normalized spacial score (nSPS) is 10.5. The quantitative estimate of drug-likeness (QED) is 0.794. The highest BCUT2D eigenvalue weighted by Crippen LogP contribution is 2.26. The van der Waals surface area contributed by atoms with E-state index < -0.39 is 0 Å². The molecule has 78 valence electrons. The van der Waals surface area contributed by atoms with Crippen molar-refractivity contribution in [2.75, 3.05) is 7.05 Å². The lowest BCUT2D eigenvalue weighted by molar-refractivity contribution is 0.232. The van der Waals surface area contributed by atoms with E-state index in [0.717, 1.165) is 0 Å². The van der Waals surface area contributed by atoms with Gasteiger partial charge in [-0.25, -0.2) is 0 Å². The minimum Gasteiger partial charge on any atom is -0.332 e. The molecule has 0 saturated heterocycles. The SMILES string of the molecule is CN(Cc1csc2ccccc12)C(=O)S. The van der Waals surface area contributed by atoms with Crippen LogP contribution in [0.1, 0.15) is 5.56 Å². The largest absolute Gasteiger partial charge is 0.332 e. The summed E-state index contributed by atoms with van der Waals surface area (Å²) in [5, 5.41) is 3.12. The molecular weight excluding hydrogens is 226 g/mol. The topological polar surface area (TPSA) is 20.3 Å². The Kier molecular flexibility index (Phi) is 2.98. The first-order valence-corrected chi connectivity index (χ1v) is 5.90. The zero-order valence-corrected chi connectivity index (χ0v) is 10.0. The van der Waals surface area contributed by atoms with Gasteiger partial charge < -0.3 is 4.90 Å². The molecule has 0 aliphatic heterocycles. The Bertz CT molecular complexity index is 492. The Morgan fingerprint density at radius 1 is 1.47 bits per heavy atom. The van der Waals surface area contributed by atoms with Crippen LogP contribution in [-0.4, -0.2) is 17.2 Å². The van der Waals surface area contributed by atoms with Crippen molar-refractivity contribution in [1.82, 2.24) is 4.90 Å². The fourth-order valence-electron chi connectivity index (χ4n) is 1.48. The number of benzene rings is 1. The van der Waals surface area contributed by atoms with E-state index in [0.29, 0.717) is 6.54 Å². The average Bonchev–Trinajstić information content (AvgIpc) is 2.62. The van der Waals surface area contributed by atoms with E-state index >= 15 is 0 Å². The van der Waals surface area contributed by atoms with Crippen LogP contribution in [0.15, 0.2) is 29.6 Å². The predicted molar refractivity (Wildman–Crippen MR) is 67.7 cm³/mol. The van der Waals surface area contributed by atoms with Gasteiger partial charge in [0.25, 0.3) is 5.24 Å². The van der Waals surface area contributed by atoms with Crippen LogP contribution in [0.2, 0.25) is 0 Å². The minimum atomic E-state index is -0.203. The Morgan fingerprint density at radius 3 is 2.93 bits per heavy atom. The molecule has 15 heavy (non-hydrogen) atoms. The van der Waals surface area contributed by atoms with Crippen LogP contribution in [0.4, 0.5) is 4.79 Å². The van der Waals surface area contributed by atoms with Crippen LogP contribution < -0.4 is 0 Å². The molecule has 0 fully saturated rings. The van der Waals surface area contributed by atoms with Crippen molar-refractivity contribution >= 4 is 39.3 Å². The lowest BCUT2D eigenvalue weighted by atomic mass is 10.2. The van der Waals surface area contributed by atoms with E-state index in [1.54, 1.807) is 23.3 Å². The van der Waals surface area contributed by atoms with Gasteiger partial charge in [0, 0.05) is 18.3 Å². The van der Waals surface area contributed by atoms with Crippen LogP contribution in [0.25, 0.3) is 10.1 Å². The highest BCUT2D eigenvalue weighted by Gasteiger charge is 2.08. The summed E-state index contributed by atoms with van der Waals surface area (Å²) in [5.74, 6) is 0. The maximum atomic E-state index is 11.0. The number of hydrogen-bond donors (Lipinski definition) is 1. The van der Waals surface area contributed by atoms with Gasteiger partial charge in [-0.3, -0.25) is 4.79 Å². The van der Waals surface area contributed by atoms with Gasteiger partial charge in [-0.2, -0.15) is 0 Å². The Hall–Kier alpha value is -1.000. The summed E-state index contributed by atoms with van der Waals surface area (Å²) in [6.45, 7) is 0.617. The Balaban J connectivity index is 2.32. The molecule has 0 saturated carbocycles. The molecule has 0 bridgehead atoms. The van der Waals surface area contributed by atoms with E-state index in [9.17, 15) is 4.79 Å². The molecule has 4 heteroatoms. The average molecular weight is 237 g/mol. The third-order valence-corrected chi connectivity index (χ3v) is 3.65. The number of fused-ring (bicyclic) bond motifs is 1. The van der Waals surface area contributed by atoms with Gasteiger partial charge in [0.15, 0.2) is 0 Å². The molecular formula is C11H11NOS2. The van der Waals surface area contributed by atoms with Gasteiger partial charge in [0.1, 0.15) is 0 Å². The number of rotatable bonds is 2. The smallest absolute Gasteiger partial charge is 0.278 e. The van der Waals surface area contributed by atoms with E-state index in [1.807, 2.05) is 12.1 Å². The number of thiol groups is 1. The number of carbonyl (C=O) groups is 1. The highest BCUT2D eigenvalue weighted by molar-refractivity contribution is 7.96. The standard InChI is InChI=1S/C11H11NOS2/c1-12(11(13)14)6-8-7-15-10-5-3-2-4-9(8)10/h2-5,7H,6H2,1H3,(H,13,14). The summed E-state index contributed by atoms with van der Waals surface area (Å²) in [6.07, 6.45) is 0. The van der Waals surface area contributed by atoms with Gasteiger partial charge in [-0.1, -0.05) is 30.8 Å². The lowest BCUT2D eigenvalue weighted by Crippen LogP contribution is -2.19. The Morgan fingerprint density at radius 2 is 2.20 bits per heavy atom. The monoisotopic (exact) mass is 237 g/mol. The molecule has 0 unspecified atom stereocenters. The lowest BCUT2D eigenvalue weighted by Gasteiger charge is -2.12. The second kappa shape index (κ2) is 4.24. The first-order chi connectivity index (χ1) is 7.18. The molecule has 1 heterocycles. The first-order valence-electron chi connectivity index (χ1n) is 4.57. The van der Waals surface area contributed by atoms with Crippen molar-refractivity contribution in [2.24, 2.45) is 0 Å². The second-order valence-corrected chi connectivity index (χ2v) is 4.69. The van der Waals surface area contributed by atoms with Crippen molar-refractivity contribution in [3.05, 3.63) is 35.2 Å². The summed E-state index contributed by atoms with van der Waals surface area (Å²) in [5.41, 5.74) is 1.18. The van der Waals surface area contributed by atoms with Gasteiger partial charge in [-0.15, -0.1) is 11.3 Å². The fraction of sp³-hybridized carbons (Fsp3) is 0.182. The Labute approximate surface area is 97.9 Å². The highest BCUT2D eigenvalue weighted by atomic mass is 32.1. The molecule has 1 aromatic heterocycles. The predicted octanol–water partition coefficient (Wildman–Crippen LogP) is 3.38. The number of hydrogen-bond acceptors (Lipinski definition) is 2. The third kappa shape index (κ3) is 2.16. The third-order valence-electron chi connectivity index (χ3n) is 2.30. The number of nitrogens with zero attached hydrogens (tertiary/aromatic N) is 1. The second-order valence-electron chi connectivity index (χ2n) is 3.40.